The first-order valence-electron chi connectivity index (χ1n) is 5.77. The molecule has 0 aliphatic heterocycles. The Bertz CT molecular complexity index is 561. The number of hydrogen-bond donors (Lipinski definition) is 1. The molecule has 0 amide bonds. The van der Waals surface area contributed by atoms with E-state index in [9.17, 15) is 4.39 Å². The van der Waals surface area contributed by atoms with E-state index in [-0.39, 0.29) is 11.9 Å². The molecule has 102 valence electrons. The van der Waals surface area contributed by atoms with Gasteiger partial charge in [0.2, 0.25) is 0 Å². The van der Waals surface area contributed by atoms with Gasteiger partial charge < -0.3 is 10.1 Å². The maximum absolute atomic E-state index is 13.3. The van der Waals surface area contributed by atoms with Crippen molar-refractivity contribution in [2.75, 3.05) is 7.11 Å². The van der Waals surface area contributed by atoms with E-state index < -0.39 is 0 Å². The lowest BCUT2D eigenvalue weighted by atomic mass is 10.1. The summed E-state index contributed by atoms with van der Waals surface area (Å²) >= 11 is 7.24. The highest BCUT2D eigenvalue weighted by Gasteiger charge is 2.12. The molecule has 0 aliphatic carbocycles. The lowest BCUT2D eigenvalue weighted by Crippen LogP contribution is -2.18. The molecule has 1 aromatic carbocycles. The third-order valence-corrected chi connectivity index (χ3v) is 3.86. The zero-order valence-electron chi connectivity index (χ0n) is 10.6. The predicted molar refractivity (Wildman–Crippen MR) is 75.3 cm³/mol. The average molecular weight is 301 g/mol. The standard InChI is InChI=1S/C13H14ClFN2OS/c1-8(16-7-13-17-6-12(14)19-13)10-5-9(15)3-4-11(10)18-2/h3-6,8,16H,7H2,1-2H3. The second kappa shape index (κ2) is 6.32. The van der Waals surface area contributed by atoms with Gasteiger partial charge in [-0.1, -0.05) is 11.6 Å². The summed E-state index contributed by atoms with van der Waals surface area (Å²) in [5.41, 5.74) is 0.783. The predicted octanol–water partition coefficient (Wildman–Crippen LogP) is 3.80. The molecule has 3 nitrogen and oxygen atoms in total. The summed E-state index contributed by atoms with van der Waals surface area (Å²) in [6.45, 7) is 2.53. The van der Waals surface area contributed by atoms with Crippen molar-refractivity contribution in [3.63, 3.8) is 0 Å². The molecule has 1 heterocycles. The zero-order chi connectivity index (χ0) is 13.8. The lowest BCUT2D eigenvalue weighted by Gasteiger charge is -2.16. The van der Waals surface area contributed by atoms with Gasteiger partial charge >= 0.3 is 0 Å². The van der Waals surface area contributed by atoms with Gasteiger partial charge in [-0.3, -0.25) is 0 Å². The first-order valence-corrected chi connectivity index (χ1v) is 6.96. The number of thiazole rings is 1. The monoisotopic (exact) mass is 300 g/mol. The fourth-order valence-electron chi connectivity index (χ4n) is 1.76. The van der Waals surface area contributed by atoms with Crippen molar-refractivity contribution in [3.8, 4) is 5.75 Å². The van der Waals surface area contributed by atoms with Crippen molar-refractivity contribution in [1.29, 1.82) is 0 Å². The van der Waals surface area contributed by atoms with Gasteiger partial charge in [0.05, 0.1) is 13.3 Å². The van der Waals surface area contributed by atoms with Gasteiger partial charge in [0.1, 0.15) is 20.9 Å². The maximum Gasteiger partial charge on any atom is 0.123 e. The van der Waals surface area contributed by atoms with E-state index in [0.29, 0.717) is 16.6 Å². The van der Waals surface area contributed by atoms with E-state index >= 15 is 0 Å². The summed E-state index contributed by atoms with van der Waals surface area (Å²) in [5.74, 6) is 0.389. The Labute approximate surface area is 120 Å². The van der Waals surface area contributed by atoms with Gasteiger partial charge in [-0.25, -0.2) is 9.37 Å². The molecular weight excluding hydrogens is 287 g/mol. The molecular formula is C13H14ClFN2OS. The van der Waals surface area contributed by atoms with Crippen LogP contribution in [0.3, 0.4) is 0 Å². The summed E-state index contributed by atoms with van der Waals surface area (Å²) in [6, 6.07) is 4.44. The molecule has 1 atom stereocenters. The summed E-state index contributed by atoms with van der Waals surface area (Å²) in [7, 11) is 1.57. The van der Waals surface area contributed by atoms with E-state index in [1.165, 1.54) is 23.5 Å². The normalized spacial score (nSPS) is 12.4. The lowest BCUT2D eigenvalue weighted by molar-refractivity contribution is 0.399. The minimum atomic E-state index is -0.276. The molecule has 0 fully saturated rings. The molecule has 0 radical (unpaired) electrons. The van der Waals surface area contributed by atoms with Crippen LogP contribution in [0.4, 0.5) is 4.39 Å². The van der Waals surface area contributed by atoms with Crippen molar-refractivity contribution in [2.45, 2.75) is 19.5 Å². The van der Waals surface area contributed by atoms with Crippen LogP contribution >= 0.6 is 22.9 Å². The van der Waals surface area contributed by atoms with Crippen LogP contribution in [0, 0.1) is 5.82 Å². The van der Waals surface area contributed by atoms with Crippen LogP contribution in [0.2, 0.25) is 4.34 Å². The molecule has 2 aromatic rings. The van der Waals surface area contributed by atoms with Crippen molar-refractivity contribution in [1.82, 2.24) is 10.3 Å². The van der Waals surface area contributed by atoms with E-state index in [0.717, 1.165) is 10.6 Å². The maximum atomic E-state index is 13.3. The number of nitrogens with zero attached hydrogens (tertiary/aromatic N) is 1. The topological polar surface area (TPSA) is 34.1 Å². The highest BCUT2D eigenvalue weighted by molar-refractivity contribution is 7.15. The van der Waals surface area contributed by atoms with Gasteiger partial charge in [0.25, 0.3) is 0 Å². The summed E-state index contributed by atoms with van der Waals surface area (Å²) in [6.07, 6.45) is 1.62. The average Bonchev–Trinajstić information content (AvgIpc) is 2.81. The quantitative estimate of drug-likeness (QED) is 0.912. The number of ether oxygens (including phenoxy) is 1. The Morgan fingerprint density at radius 3 is 2.95 bits per heavy atom. The van der Waals surface area contributed by atoms with Gasteiger partial charge in [-0.15, -0.1) is 11.3 Å². The number of nitrogens with one attached hydrogen (secondary N) is 1. The van der Waals surface area contributed by atoms with Crippen LogP contribution in [-0.4, -0.2) is 12.1 Å². The Hall–Kier alpha value is -1.17. The largest absolute Gasteiger partial charge is 0.496 e. The number of hydrogen-bond acceptors (Lipinski definition) is 4. The first-order chi connectivity index (χ1) is 9.10. The first kappa shape index (κ1) is 14.2. The molecule has 0 aliphatic rings. The Balaban J connectivity index is 2.06. The molecule has 6 heteroatoms. The van der Waals surface area contributed by atoms with E-state index in [2.05, 4.69) is 10.3 Å². The number of rotatable bonds is 5. The number of halogens is 2. The van der Waals surface area contributed by atoms with Gasteiger partial charge in [0, 0.05) is 18.2 Å². The van der Waals surface area contributed by atoms with Crippen molar-refractivity contribution in [2.24, 2.45) is 0 Å². The van der Waals surface area contributed by atoms with Crippen molar-refractivity contribution in [3.05, 3.63) is 45.1 Å². The Morgan fingerprint density at radius 2 is 2.32 bits per heavy atom. The van der Waals surface area contributed by atoms with Crippen LogP contribution in [-0.2, 0) is 6.54 Å². The molecule has 2 rings (SSSR count). The van der Waals surface area contributed by atoms with Crippen molar-refractivity contribution >= 4 is 22.9 Å². The molecule has 0 saturated heterocycles. The number of methoxy groups -OCH3 is 1. The Morgan fingerprint density at radius 1 is 1.53 bits per heavy atom. The smallest absolute Gasteiger partial charge is 0.123 e. The molecule has 1 N–H and O–H groups in total. The van der Waals surface area contributed by atoms with Crippen molar-refractivity contribution < 1.29 is 9.13 Å². The van der Waals surface area contributed by atoms with Crippen LogP contribution < -0.4 is 10.1 Å². The van der Waals surface area contributed by atoms with E-state index in [4.69, 9.17) is 16.3 Å². The SMILES string of the molecule is COc1ccc(F)cc1C(C)NCc1ncc(Cl)s1. The molecule has 1 aromatic heterocycles. The summed E-state index contributed by atoms with van der Waals surface area (Å²) < 4.78 is 19.2. The second-order valence-corrected chi connectivity index (χ2v) is 5.79. The molecule has 0 bridgehead atoms. The third kappa shape index (κ3) is 3.65. The zero-order valence-corrected chi connectivity index (χ0v) is 12.2. The summed E-state index contributed by atoms with van der Waals surface area (Å²) in [5, 5.41) is 4.17. The highest BCUT2D eigenvalue weighted by Crippen LogP contribution is 2.26. The minimum absolute atomic E-state index is 0.0478. The number of benzene rings is 1. The van der Waals surface area contributed by atoms with Crippen LogP contribution in [0.15, 0.2) is 24.4 Å². The van der Waals surface area contributed by atoms with Crippen LogP contribution in [0.1, 0.15) is 23.5 Å². The van der Waals surface area contributed by atoms with E-state index in [1.54, 1.807) is 19.4 Å². The minimum Gasteiger partial charge on any atom is -0.496 e. The fraction of sp³-hybridized carbons (Fsp3) is 0.308. The van der Waals surface area contributed by atoms with Crippen LogP contribution in [0.25, 0.3) is 0 Å². The van der Waals surface area contributed by atoms with Gasteiger partial charge in [-0.2, -0.15) is 0 Å². The Kier molecular flexibility index (Phi) is 4.74. The second-order valence-electron chi connectivity index (χ2n) is 4.05. The molecule has 19 heavy (non-hydrogen) atoms. The third-order valence-electron chi connectivity index (χ3n) is 2.74. The number of aromatic nitrogens is 1. The van der Waals surface area contributed by atoms with Gasteiger partial charge in [0.15, 0.2) is 0 Å². The van der Waals surface area contributed by atoms with E-state index in [1.807, 2.05) is 6.92 Å². The molecule has 1 unspecified atom stereocenters. The molecule has 0 spiro atoms. The van der Waals surface area contributed by atoms with Crippen LogP contribution in [0.5, 0.6) is 5.75 Å². The fourth-order valence-corrected chi connectivity index (χ4v) is 2.67. The molecule has 0 saturated carbocycles. The highest BCUT2D eigenvalue weighted by atomic mass is 35.5. The van der Waals surface area contributed by atoms with Gasteiger partial charge in [-0.05, 0) is 25.1 Å². The summed E-state index contributed by atoms with van der Waals surface area (Å²) in [4.78, 5) is 4.16.